The fourth-order valence-electron chi connectivity index (χ4n) is 0.971. The lowest BCUT2D eigenvalue weighted by Gasteiger charge is -2.18. The Balaban J connectivity index is 2.62. The molecule has 0 radical (unpaired) electrons. The summed E-state index contributed by atoms with van der Waals surface area (Å²) in [5.74, 6) is -0.188. The van der Waals surface area contributed by atoms with Crippen LogP contribution in [0.2, 0.25) is 5.15 Å². The molecular formula is C11H15ClN2O. The van der Waals surface area contributed by atoms with Crippen molar-refractivity contribution in [2.24, 2.45) is 5.41 Å². The fourth-order valence-corrected chi connectivity index (χ4v) is 1.13. The number of amides is 1. The molecule has 1 rings (SSSR count). The van der Waals surface area contributed by atoms with E-state index in [4.69, 9.17) is 11.6 Å². The lowest BCUT2D eigenvalue weighted by Crippen LogP contribution is -2.32. The summed E-state index contributed by atoms with van der Waals surface area (Å²) in [5, 5.41) is 3.14. The molecule has 0 aromatic carbocycles. The molecule has 3 nitrogen and oxygen atoms in total. The highest BCUT2D eigenvalue weighted by Crippen LogP contribution is 2.11. The Hall–Kier alpha value is -1.09. The average Bonchev–Trinajstić information content (AvgIpc) is 2.13. The lowest BCUT2D eigenvalue weighted by molar-refractivity contribution is 0.0934. The molecule has 1 N–H and O–H groups in total. The number of carbonyl (C=O) groups is 1. The second-order valence-electron chi connectivity index (χ2n) is 4.59. The lowest BCUT2D eigenvalue weighted by atomic mass is 9.97. The van der Waals surface area contributed by atoms with Crippen LogP contribution in [-0.4, -0.2) is 17.4 Å². The molecule has 0 fully saturated rings. The smallest absolute Gasteiger partial charge is 0.269 e. The van der Waals surface area contributed by atoms with Gasteiger partial charge in [0.05, 0.1) is 0 Å². The van der Waals surface area contributed by atoms with E-state index >= 15 is 0 Å². The molecule has 15 heavy (non-hydrogen) atoms. The molecule has 1 aromatic rings. The summed E-state index contributed by atoms with van der Waals surface area (Å²) < 4.78 is 0. The molecule has 0 unspecified atom stereocenters. The van der Waals surface area contributed by atoms with Crippen LogP contribution in [0.1, 0.15) is 31.3 Å². The Morgan fingerprint density at radius 3 is 2.67 bits per heavy atom. The van der Waals surface area contributed by atoms with Crippen LogP contribution >= 0.6 is 11.6 Å². The molecule has 82 valence electrons. The number of rotatable bonds is 2. The number of hydrogen-bond donors (Lipinski definition) is 1. The van der Waals surface area contributed by atoms with Crippen molar-refractivity contribution in [2.75, 3.05) is 6.54 Å². The highest BCUT2D eigenvalue weighted by molar-refractivity contribution is 6.29. The zero-order valence-corrected chi connectivity index (χ0v) is 9.93. The van der Waals surface area contributed by atoms with E-state index in [0.717, 1.165) is 0 Å². The zero-order valence-electron chi connectivity index (χ0n) is 9.17. The Bertz CT molecular complexity index is 358. The summed E-state index contributed by atoms with van der Waals surface area (Å²) in [6.07, 6.45) is 0. The van der Waals surface area contributed by atoms with Gasteiger partial charge in [-0.15, -0.1) is 0 Å². The van der Waals surface area contributed by atoms with Crippen molar-refractivity contribution in [3.63, 3.8) is 0 Å². The third-order valence-electron chi connectivity index (χ3n) is 1.73. The molecule has 0 saturated heterocycles. The van der Waals surface area contributed by atoms with E-state index in [1.807, 2.05) is 0 Å². The van der Waals surface area contributed by atoms with Gasteiger partial charge in [-0.1, -0.05) is 38.4 Å². The van der Waals surface area contributed by atoms with E-state index < -0.39 is 0 Å². The summed E-state index contributed by atoms with van der Waals surface area (Å²) in [4.78, 5) is 15.5. The van der Waals surface area contributed by atoms with Gasteiger partial charge in [0.1, 0.15) is 10.8 Å². The maximum atomic E-state index is 11.6. The SMILES string of the molecule is CC(C)(C)CNC(=O)c1cccc(Cl)n1. The molecule has 0 spiro atoms. The van der Waals surface area contributed by atoms with Crippen molar-refractivity contribution < 1.29 is 4.79 Å². The number of nitrogens with zero attached hydrogens (tertiary/aromatic N) is 1. The maximum absolute atomic E-state index is 11.6. The third kappa shape index (κ3) is 4.30. The van der Waals surface area contributed by atoms with Gasteiger partial charge in [-0.05, 0) is 17.5 Å². The Labute approximate surface area is 94.9 Å². The second-order valence-corrected chi connectivity index (χ2v) is 4.98. The molecule has 0 atom stereocenters. The molecule has 4 heteroatoms. The van der Waals surface area contributed by atoms with E-state index in [0.29, 0.717) is 17.4 Å². The average molecular weight is 227 g/mol. The number of nitrogens with one attached hydrogen (secondary N) is 1. The van der Waals surface area contributed by atoms with Crippen molar-refractivity contribution in [3.8, 4) is 0 Å². The minimum absolute atomic E-state index is 0.0637. The van der Waals surface area contributed by atoms with Crippen LogP contribution in [0.15, 0.2) is 18.2 Å². The van der Waals surface area contributed by atoms with Gasteiger partial charge in [-0.25, -0.2) is 4.98 Å². The largest absolute Gasteiger partial charge is 0.350 e. The molecule has 0 aliphatic carbocycles. The zero-order chi connectivity index (χ0) is 11.5. The third-order valence-corrected chi connectivity index (χ3v) is 1.94. The Morgan fingerprint density at radius 2 is 2.13 bits per heavy atom. The highest BCUT2D eigenvalue weighted by Gasteiger charge is 2.13. The van der Waals surface area contributed by atoms with Gasteiger partial charge in [0.25, 0.3) is 5.91 Å². The van der Waals surface area contributed by atoms with E-state index in [1.54, 1.807) is 18.2 Å². The Kier molecular flexibility index (Phi) is 3.69. The minimum atomic E-state index is -0.188. The highest BCUT2D eigenvalue weighted by atomic mass is 35.5. The molecule has 0 bridgehead atoms. The molecule has 0 aliphatic heterocycles. The molecule has 1 heterocycles. The first-order chi connectivity index (χ1) is 6.88. The van der Waals surface area contributed by atoms with Crippen LogP contribution in [0, 0.1) is 5.41 Å². The summed E-state index contributed by atoms with van der Waals surface area (Å²) in [5.41, 5.74) is 0.417. The van der Waals surface area contributed by atoms with E-state index in [9.17, 15) is 4.79 Å². The fraction of sp³-hybridized carbons (Fsp3) is 0.455. The molecule has 1 amide bonds. The summed E-state index contributed by atoms with van der Waals surface area (Å²) in [6, 6.07) is 4.99. The minimum Gasteiger partial charge on any atom is -0.350 e. The van der Waals surface area contributed by atoms with Crippen LogP contribution in [-0.2, 0) is 0 Å². The predicted octanol–water partition coefficient (Wildman–Crippen LogP) is 2.51. The normalized spacial score (nSPS) is 11.2. The molecule has 0 saturated carbocycles. The van der Waals surface area contributed by atoms with Crippen LogP contribution in [0.3, 0.4) is 0 Å². The number of hydrogen-bond acceptors (Lipinski definition) is 2. The summed E-state index contributed by atoms with van der Waals surface area (Å²) in [7, 11) is 0. The van der Waals surface area contributed by atoms with Gasteiger partial charge in [-0.2, -0.15) is 0 Å². The van der Waals surface area contributed by atoms with Gasteiger partial charge < -0.3 is 5.32 Å². The van der Waals surface area contributed by atoms with Gasteiger partial charge in [0, 0.05) is 6.54 Å². The van der Waals surface area contributed by atoms with E-state index in [2.05, 4.69) is 31.1 Å². The summed E-state index contributed by atoms with van der Waals surface area (Å²) in [6.45, 7) is 6.77. The van der Waals surface area contributed by atoms with Crippen LogP contribution in [0.5, 0.6) is 0 Å². The number of halogens is 1. The monoisotopic (exact) mass is 226 g/mol. The van der Waals surface area contributed by atoms with Gasteiger partial charge >= 0.3 is 0 Å². The van der Waals surface area contributed by atoms with Gasteiger partial charge in [-0.3, -0.25) is 4.79 Å². The van der Waals surface area contributed by atoms with Crippen LogP contribution < -0.4 is 5.32 Å². The first-order valence-electron chi connectivity index (χ1n) is 4.79. The second kappa shape index (κ2) is 4.62. The van der Waals surface area contributed by atoms with Crippen molar-refractivity contribution in [1.29, 1.82) is 0 Å². The van der Waals surface area contributed by atoms with Crippen molar-refractivity contribution >= 4 is 17.5 Å². The van der Waals surface area contributed by atoms with Gasteiger partial charge in [0.2, 0.25) is 0 Å². The maximum Gasteiger partial charge on any atom is 0.269 e. The number of aromatic nitrogens is 1. The standard InChI is InChI=1S/C11H15ClN2O/c1-11(2,3)7-13-10(15)8-5-4-6-9(12)14-8/h4-6H,7H2,1-3H3,(H,13,15). The topological polar surface area (TPSA) is 42.0 Å². The van der Waals surface area contributed by atoms with Crippen LogP contribution in [0.25, 0.3) is 0 Å². The first-order valence-corrected chi connectivity index (χ1v) is 5.17. The summed E-state index contributed by atoms with van der Waals surface area (Å²) >= 11 is 5.69. The van der Waals surface area contributed by atoms with E-state index in [-0.39, 0.29) is 11.3 Å². The predicted molar refractivity (Wildman–Crippen MR) is 61.0 cm³/mol. The van der Waals surface area contributed by atoms with Crippen molar-refractivity contribution in [1.82, 2.24) is 10.3 Å². The molecular weight excluding hydrogens is 212 g/mol. The van der Waals surface area contributed by atoms with Crippen molar-refractivity contribution in [2.45, 2.75) is 20.8 Å². The molecule has 0 aliphatic rings. The quantitative estimate of drug-likeness (QED) is 0.788. The van der Waals surface area contributed by atoms with E-state index in [1.165, 1.54) is 0 Å². The van der Waals surface area contributed by atoms with Gasteiger partial charge in [0.15, 0.2) is 0 Å². The number of pyridine rings is 1. The number of carbonyl (C=O) groups excluding carboxylic acids is 1. The first kappa shape index (κ1) is 12.0. The van der Waals surface area contributed by atoms with Crippen LogP contribution in [0.4, 0.5) is 0 Å². The molecule has 1 aromatic heterocycles. The van der Waals surface area contributed by atoms with Crippen molar-refractivity contribution in [3.05, 3.63) is 29.0 Å². The Morgan fingerprint density at radius 1 is 1.47 bits per heavy atom.